The number of hydrogen-bond donors (Lipinski definition) is 2. The minimum atomic E-state index is -0.514. The number of H-pyrrole nitrogens is 1. The Balaban J connectivity index is 2.00. The number of nitrogens with one attached hydrogen (secondary N) is 1. The van der Waals surface area contributed by atoms with Crippen molar-refractivity contribution in [3.05, 3.63) is 38.4 Å². The van der Waals surface area contributed by atoms with Crippen LogP contribution in [0.3, 0.4) is 0 Å². The second-order valence-electron chi connectivity index (χ2n) is 7.05. The fraction of sp³-hybridized carbons (Fsp3) is 0.500. The summed E-state index contributed by atoms with van der Waals surface area (Å²) in [6.07, 6.45) is 4.42. The quantitative estimate of drug-likeness (QED) is 0.702. The van der Waals surface area contributed by atoms with Crippen LogP contribution in [0.4, 0.5) is 0 Å². The molecule has 1 saturated carbocycles. The molecule has 27 heavy (non-hydrogen) atoms. The number of aryl methyl sites for hydroxylation is 2. The number of aromatic nitrogens is 6. The molecule has 0 aliphatic heterocycles. The van der Waals surface area contributed by atoms with E-state index in [4.69, 9.17) is 4.98 Å². The van der Waals surface area contributed by atoms with Gasteiger partial charge in [0.05, 0.1) is 18.5 Å². The third-order valence-corrected chi connectivity index (χ3v) is 5.16. The lowest BCUT2D eigenvalue weighted by Gasteiger charge is -2.10. The predicted molar refractivity (Wildman–Crippen MR) is 99.7 cm³/mol. The van der Waals surface area contributed by atoms with Gasteiger partial charge in [-0.05, 0) is 25.8 Å². The minimum absolute atomic E-state index is 0.0860. The van der Waals surface area contributed by atoms with Crippen molar-refractivity contribution in [2.75, 3.05) is 6.61 Å². The number of pyridine rings is 1. The van der Waals surface area contributed by atoms with Crippen molar-refractivity contribution in [2.24, 2.45) is 7.05 Å². The van der Waals surface area contributed by atoms with E-state index in [1.54, 1.807) is 24.7 Å². The van der Waals surface area contributed by atoms with E-state index < -0.39 is 11.2 Å². The van der Waals surface area contributed by atoms with Crippen LogP contribution < -0.4 is 11.2 Å². The number of nitrogens with zero attached hydrogens (tertiary/aromatic N) is 5. The Kier molecular flexibility index (Phi) is 4.39. The van der Waals surface area contributed by atoms with E-state index in [2.05, 4.69) is 15.1 Å². The van der Waals surface area contributed by atoms with E-state index >= 15 is 0 Å². The maximum absolute atomic E-state index is 12.6. The summed E-state index contributed by atoms with van der Waals surface area (Å²) in [7, 11) is 1.57. The molecule has 2 N–H and O–H groups in total. The Morgan fingerprint density at radius 2 is 2.00 bits per heavy atom. The van der Waals surface area contributed by atoms with Gasteiger partial charge in [-0.2, -0.15) is 5.10 Å². The van der Waals surface area contributed by atoms with Crippen LogP contribution in [-0.4, -0.2) is 41.0 Å². The van der Waals surface area contributed by atoms with Crippen LogP contribution in [-0.2, 0) is 13.6 Å². The third-order valence-electron chi connectivity index (χ3n) is 5.16. The number of aliphatic hydroxyl groups is 1. The number of fused-ring (bicyclic) bond motifs is 1. The fourth-order valence-electron chi connectivity index (χ4n) is 3.81. The van der Waals surface area contributed by atoms with Crippen molar-refractivity contribution in [2.45, 2.75) is 45.1 Å². The molecule has 0 unspecified atom stereocenters. The molecule has 0 bridgehead atoms. The fourth-order valence-corrected chi connectivity index (χ4v) is 3.81. The minimum Gasteiger partial charge on any atom is -0.394 e. The van der Waals surface area contributed by atoms with Crippen LogP contribution in [0.15, 0.2) is 15.7 Å². The van der Waals surface area contributed by atoms with E-state index in [0.29, 0.717) is 34.0 Å². The average molecular weight is 370 g/mol. The maximum Gasteiger partial charge on any atom is 0.329 e. The van der Waals surface area contributed by atoms with Crippen molar-refractivity contribution in [3.63, 3.8) is 0 Å². The molecule has 0 aromatic carbocycles. The van der Waals surface area contributed by atoms with Gasteiger partial charge in [0, 0.05) is 24.2 Å². The number of aliphatic hydroxyl groups excluding tert-OH is 1. The Hall–Kier alpha value is -2.81. The zero-order valence-electron chi connectivity index (χ0n) is 15.4. The first kappa shape index (κ1) is 17.6. The summed E-state index contributed by atoms with van der Waals surface area (Å²) in [5.41, 5.74) is 0.523. The smallest absolute Gasteiger partial charge is 0.329 e. The first-order valence-electron chi connectivity index (χ1n) is 9.16. The molecular formula is C18H22N6O3. The van der Waals surface area contributed by atoms with Gasteiger partial charge in [0.2, 0.25) is 0 Å². The lowest BCUT2D eigenvalue weighted by atomic mass is 10.1. The van der Waals surface area contributed by atoms with Gasteiger partial charge in [0.1, 0.15) is 5.65 Å². The number of rotatable bonds is 4. The molecule has 4 rings (SSSR count). The molecule has 0 atom stereocenters. The van der Waals surface area contributed by atoms with Crippen LogP contribution in [0.5, 0.6) is 0 Å². The van der Waals surface area contributed by atoms with Crippen molar-refractivity contribution in [3.8, 4) is 11.4 Å². The molecule has 1 aliphatic rings. The highest BCUT2D eigenvalue weighted by atomic mass is 16.3. The van der Waals surface area contributed by atoms with Gasteiger partial charge in [-0.25, -0.2) is 19.4 Å². The van der Waals surface area contributed by atoms with Gasteiger partial charge < -0.3 is 5.11 Å². The Labute approximate surface area is 154 Å². The van der Waals surface area contributed by atoms with Crippen LogP contribution in [0.1, 0.15) is 43.1 Å². The largest absolute Gasteiger partial charge is 0.394 e. The SMILES string of the molecule is Cc1cc(-c2nc(C3CCCC3)nn2CCO)c2c(=O)[nH]c(=O)n(C)c2n1. The molecule has 0 amide bonds. The average Bonchev–Trinajstić information content (AvgIpc) is 3.29. The van der Waals surface area contributed by atoms with Gasteiger partial charge in [-0.15, -0.1) is 0 Å². The van der Waals surface area contributed by atoms with Gasteiger partial charge >= 0.3 is 5.69 Å². The summed E-state index contributed by atoms with van der Waals surface area (Å²) in [4.78, 5) is 36.0. The van der Waals surface area contributed by atoms with E-state index in [1.807, 2.05) is 0 Å². The molecule has 9 nitrogen and oxygen atoms in total. The first-order valence-corrected chi connectivity index (χ1v) is 9.16. The molecule has 142 valence electrons. The highest BCUT2D eigenvalue weighted by Gasteiger charge is 2.25. The zero-order valence-corrected chi connectivity index (χ0v) is 15.4. The lowest BCUT2D eigenvalue weighted by molar-refractivity contribution is 0.269. The Morgan fingerprint density at radius 1 is 1.26 bits per heavy atom. The first-order chi connectivity index (χ1) is 13.0. The van der Waals surface area contributed by atoms with Crippen LogP contribution in [0, 0.1) is 6.92 Å². The van der Waals surface area contributed by atoms with E-state index in [-0.39, 0.29) is 13.2 Å². The van der Waals surface area contributed by atoms with Crippen molar-refractivity contribution in [1.29, 1.82) is 0 Å². The summed E-state index contributed by atoms with van der Waals surface area (Å²) in [6, 6.07) is 1.78. The molecule has 3 heterocycles. The normalized spacial score (nSPS) is 15.1. The van der Waals surface area contributed by atoms with Crippen LogP contribution in [0.2, 0.25) is 0 Å². The molecule has 3 aromatic rings. The zero-order chi connectivity index (χ0) is 19.1. The molecule has 3 aromatic heterocycles. The molecule has 0 radical (unpaired) electrons. The summed E-state index contributed by atoms with van der Waals surface area (Å²) >= 11 is 0. The van der Waals surface area contributed by atoms with Gasteiger partial charge in [0.15, 0.2) is 11.6 Å². The standard InChI is InChI=1S/C18H22N6O3/c1-10-9-12(13-16(19-10)23(2)18(27)21-17(13)26)15-20-14(11-5-3-4-6-11)22-24(15)7-8-25/h9,11,25H,3-8H2,1-2H3,(H,21,26,27). The van der Waals surface area contributed by atoms with Crippen molar-refractivity contribution in [1.82, 2.24) is 29.3 Å². The van der Waals surface area contributed by atoms with Crippen molar-refractivity contribution < 1.29 is 5.11 Å². The molecule has 0 spiro atoms. The van der Waals surface area contributed by atoms with Crippen LogP contribution >= 0.6 is 0 Å². The highest BCUT2D eigenvalue weighted by Crippen LogP contribution is 2.34. The summed E-state index contributed by atoms with van der Waals surface area (Å²) in [5, 5.41) is 14.4. The molecule has 0 saturated heterocycles. The summed E-state index contributed by atoms with van der Waals surface area (Å²) < 4.78 is 2.96. The van der Waals surface area contributed by atoms with Gasteiger partial charge in [0.25, 0.3) is 5.56 Å². The Bertz CT molecular complexity index is 1120. The third kappa shape index (κ3) is 2.97. The van der Waals surface area contributed by atoms with Gasteiger partial charge in [-0.1, -0.05) is 12.8 Å². The predicted octanol–water partition coefficient (Wildman–Crippen LogP) is 0.839. The summed E-state index contributed by atoms with van der Waals surface area (Å²) in [5.74, 6) is 1.57. The molecule has 9 heteroatoms. The van der Waals surface area contributed by atoms with Crippen LogP contribution in [0.25, 0.3) is 22.4 Å². The molecule has 1 aliphatic carbocycles. The monoisotopic (exact) mass is 370 g/mol. The lowest BCUT2D eigenvalue weighted by Crippen LogP contribution is -2.29. The van der Waals surface area contributed by atoms with Crippen molar-refractivity contribution >= 4 is 11.0 Å². The van der Waals surface area contributed by atoms with Gasteiger partial charge in [-0.3, -0.25) is 14.3 Å². The molecule has 1 fully saturated rings. The maximum atomic E-state index is 12.6. The number of hydrogen-bond acceptors (Lipinski definition) is 6. The van der Waals surface area contributed by atoms with E-state index in [9.17, 15) is 14.7 Å². The second-order valence-corrected chi connectivity index (χ2v) is 7.05. The second kappa shape index (κ2) is 6.73. The highest BCUT2D eigenvalue weighted by molar-refractivity contribution is 5.90. The number of aromatic amines is 1. The molecular weight excluding hydrogens is 348 g/mol. The van der Waals surface area contributed by atoms with E-state index in [1.165, 1.54) is 4.57 Å². The summed E-state index contributed by atoms with van der Waals surface area (Å²) in [6.45, 7) is 2.00. The van der Waals surface area contributed by atoms with E-state index in [0.717, 1.165) is 31.5 Å². The topological polar surface area (TPSA) is 119 Å². The Morgan fingerprint density at radius 3 is 2.70 bits per heavy atom.